The molecular formula is C16H22N4O3S. The molecule has 2 aromatic rings. The molecule has 24 heavy (non-hydrogen) atoms. The third kappa shape index (κ3) is 5.10. The van der Waals surface area contributed by atoms with Gasteiger partial charge in [-0.3, -0.25) is 4.72 Å². The highest BCUT2D eigenvalue weighted by atomic mass is 32.2. The predicted molar refractivity (Wildman–Crippen MR) is 95.7 cm³/mol. The lowest BCUT2D eigenvalue weighted by Crippen LogP contribution is -2.28. The number of anilines is 2. The predicted octanol–water partition coefficient (Wildman–Crippen LogP) is 1.96. The van der Waals surface area contributed by atoms with Crippen molar-refractivity contribution in [1.29, 1.82) is 0 Å². The molecule has 0 spiro atoms. The van der Waals surface area contributed by atoms with Crippen molar-refractivity contribution < 1.29 is 13.2 Å². The Bertz CT molecular complexity index is 761. The molecule has 1 heterocycles. The van der Waals surface area contributed by atoms with E-state index in [-0.39, 0.29) is 0 Å². The number of hydrogen-bond acceptors (Lipinski definition) is 5. The molecule has 1 aromatic carbocycles. The normalized spacial score (nSPS) is 11.3. The second kappa shape index (κ2) is 7.98. The maximum absolute atomic E-state index is 11.7. The zero-order chi connectivity index (χ0) is 17.6. The van der Waals surface area contributed by atoms with E-state index < -0.39 is 10.2 Å². The first-order chi connectivity index (χ1) is 11.4. The molecule has 0 aliphatic carbocycles. The SMILES string of the molecule is COc1cccc(CCNc2ccc(NS(=O)(=O)N(C)C)cn2)c1. The third-order valence-electron chi connectivity index (χ3n) is 3.34. The van der Waals surface area contributed by atoms with Crippen molar-refractivity contribution in [3.8, 4) is 5.75 Å². The van der Waals surface area contributed by atoms with Gasteiger partial charge in [-0.2, -0.15) is 12.7 Å². The average Bonchev–Trinajstić information content (AvgIpc) is 2.56. The molecule has 7 nitrogen and oxygen atoms in total. The molecule has 0 saturated heterocycles. The summed E-state index contributed by atoms with van der Waals surface area (Å²) in [5.74, 6) is 1.52. The molecule has 0 bridgehead atoms. The third-order valence-corrected chi connectivity index (χ3v) is 4.80. The molecule has 2 rings (SSSR count). The van der Waals surface area contributed by atoms with Gasteiger partial charge in [-0.05, 0) is 36.2 Å². The highest BCUT2D eigenvalue weighted by Crippen LogP contribution is 2.14. The van der Waals surface area contributed by atoms with E-state index in [0.717, 1.165) is 22.0 Å². The fourth-order valence-electron chi connectivity index (χ4n) is 1.96. The highest BCUT2D eigenvalue weighted by molar-refractivity contribution is 7.90. The van der Waals surface area contributed by atoms with E-state index in [4.69, 9.17) is 4.74 Å². The van der Waals surface area contributed by atoms with Crippen LogP contribution in [0.2, 0.25) is 0 Å². The van der Waals surface area contributed by atoms with Crippen LogP contribution in [-0.2, 0) is 16.6 Å². The summed E-state index contributed by atoms with van der Waals surface area (Å²) in [6.45, 7) is 0.711. The lowest BCUT2D eigenvalue weighted by molar-refractivity contribution is 0.414. The number of ether oxygens (including phenoxy) is 1. The van der Waals surface area contributed by atoms with Crippen LogP contribution < -0.4 is 14.8 Å². The molecule has 0 aliphatic rings. The monoisotopic (exact) mass is 350 g/mol. The summed E-state index contributed by atoms with van der Waals surface area (Å²) >= 11 is 0. The zero-order valence-corrected chi connectivity index (χ0v) is 14.8. The van der Waals surface area contributed by atoms with E-state index in [2.05, 4.69) is 15.0 Å². The zero-order valence-electron chi connectivity index (χ0n) is 14.0. The number of pyridine rings is 1. The maximum atomic E-state index is 11.7. The molecule has 0 aliphatic heterocycles. The topological polar surface area (TPSA) is 83.6 Å². The first kappa shape index (κ1) is 18.0. The average molecular weight is 350 g/mol. The van der Waals surface area contributed by atoms with Gasteiger partial charge in [-0.15, -0.1) is 0 Å². The summed E-state index contributed by atoms with van der Waals surface area (Å²) in [6.07, 6.45) is 2.31. The molecule has 2 N–H and O–H groups in total. The van der Waals surface area contributed by atoms with Crippen molar-refractivity contribution in [2.75, 3.05) is 37.8 Å². The van der Waals surface area contributed by atoms with Gasteiger partial charge in [0, 0.05) is 20.6 Å². The maximum Gasteiger partial charge on any atom is 0.301 e. The Morgan fingerprint density at radius 3 is 2.62 bits per heavy atom. The van der Waals surface area contributed by atoms with Gasteiger partial charge < -0.3 is 10.1 Å². The Morgan fingerprint density at radius 2 is 2.00 bits per heavy atom. The second-order valence-electron chi connectivity index (χ2n) is 5.35. The van der Waals surface area contributed by atoms with Crippen LogP contribution in [0.25, 0.3) is 0 Å². The van der Waals surface area contributed by atoms with Gasteiger partial charge >= 0.3 is 10.2 Å². The fraction of sp³-hybridized carbons (Fsp3) is 0.312. The lowest BCUT2D eigenvalue weighted by Gasteiger charge is -2.13. The Balaban J connectivity index is 1.88. The number of rotatable bonds is 8. The van der Waals surface area contributed by atoms with Crippen LogP contribution in [0.5, 0.6) is 5.75 Å². The Hall–Kier alpha value is -2.32. The van der Waals surface area contributed by atoms with Crippen molar-refractivity contribution in [2.24, 2.45) is 0 Å². The summed E-state index contributed by atoms with van der Waals surface area (Å²) in [5.41, 5.74) is 1.58. The van der Waals surface area contributed by atoms with E-state index >= 15 is 0 Å². The molecule has 0 unspecified atom stereocenters. The van der Waals surface area contributed by atoms with Gasteiger partial charge in [-0.1, -0.05) is 12.1 Å². The van der Waals surface area contributed by atoms with Gasteiger partial charge in [0.25, 0.3) is 0 Å². The van der Waals surface area contributed by atoms with Crippen LogP contribution >= 0.6 is 0 Å². The van der Waals surface area contributed by atoms with Crippen molar-refractivity contribution >= 4 is 21.7 Å². The second-order valence-corrected chi connectivity index (χ2v) is 7.23. The Labute approximate surface area is 142 Å². The van der Waals surface area contributed by atoms with Gasteiger partial charge in [0.2, 0.25) is 0 Å². The summed E-state index contributed by atoms with van der Waals surface area (Å²) < 4.78 is 32.2. The first-order valence-electron chi connectivity index (χ1n) is 7.44. The van der Waals surface area contributed by atoms with Crippen LogP contribution in [0, 0.1) is 0 Å². The minimum absolute atomic E-state index is 0.419. The minimum Gasteiger partial charge on any atom is -0.497 e. The fourth-order valence-corrected chi connectivity index (χ4v) is 2.56. The largest absolute Gasteiger partial charge is 0.497 e. The molecule has 0 atom stereocenters. The van der Waals surface area contributed by atoms with Gasteiger partial charge in [0.1, 0.15) is 11.6 Å². The summed E-state index contributed by atoms with van der Waals surface area (Å²) in [4.78, 5) is 4.21. The van der Waals surface area contributed by atoms with E-state index in [1.807, 2.05) is 24.3 Å². The molecule has 130 valence electrons. The molecule has 0 fully saturated rings. The van der Waals surface area contributed by atoms with Crippen LogP contribution in [0.1, 0.15) is 5.56 Å². The number of benzene rings is 1. The van der Waals surface area contributed by atoms with E-state index in [1.54, 1.807) is 19.2 Å². The van der Waals surface area contributed by atoms with E-state index in [1.165, 1.54) is 20.3 Å². The van der Waals surface area contributed by atoms with E-state index in [0.29, 0.717) is 18.1 Å². The molecule has 0 amide bonds. The molecule has 0 radical (unpaired) electrons. The standard InChI is InChI=1S/C16H22N4O3S/c1-20(2)24(21,22)19-14-7-8-16(18-12-14)17-10-9-13-5-4-6-15(11-13)23-3/h4-8,11-12,19H,9-10H2,1-3H3,(H,17,18). The minimum atomic E-state index is -3.51. The van der Waals surface area contributed by atoms with Crippen molar-refractivity contribution in [3.63, 3.8) is 0 Å². The number of nitrogens with one attached hydrogen (secondary N) is 2. The Kier molecular flexibility index (Phi) is 5.99. The number of nitrogens with zero attached hydrogens (tertiary/aromatic N) is 2. The van der Waals surface area contributed by atoms with Crippen LogP contribution in [0.15, 0.2) is 42.6 Å². The summed E-state index contributed by atoms with van der Waals surface area (Å²) in [5, 5.41) is 3.20. The number of methoxy groups -OCH3 is 1. The van der Waals surface area contributed by atoms with E-state index in [9.17, 15) is 8.42 Å². The van der Waals surface area contributed by atoms with Gasteiger partial charge in [0.15, 0.2) is 0 Å². The van der Waals surface area contributed by atoms with Gasteiger partial charge in [-0.25, -0.2) is 4.98 Å². The highest BCUT2D eigenvalue weighted by Gasteiger charge is 2.12. The summed E-state index contributed by atoms with van der Waals surface area (Å²) in [6, 6.07) is 11.3. The van der Waals surface area contributed by atoms with Crippen molar-refractivity contribution in [2.45, 2.75) is 6.42 Å². The smallest absolute Gasteiger partial charge is 0.301 e. The lowest BCUT2D eigenvalue weighted by atomic mass is 10.1. The van der Waals surface area contributed by atoms with Crippen molar-refractivity contribution in [3.05, 3.63) is 48.2 Å². The van der Waals surface area contributed by atoms with Crippen LogP contribution in [-0.4, -0.2) is 45.5 Å². The molecule has 8 heteroatoms. The quantitative estimate of drug-likeness (QED) is 0.760. The summed E-state index contributed by atoms with van der Waals surface area (Å²) in [7, 11) is 1.06. The van der Waals surface area contributed by atoms with Crippen LogP contribution in [0.4, 0.5) is 11.5 Å². The molecule has 1 aromatic heterocycles. The molecule has 0 saturated carbocycles. The van der Waals surface area contributed by atoms with Gasteiger partial charge in [0.05, 0.1) is 19.0 Å². The number of hydrogen-bond donors (Lipinski definition) is 2. The van der Waals surface area contributed by atoms with Crippen LogP contribution in [0.3, 0.4) is 0 Å². The number of aromatic nitrogens is 1. The molecular weight excluding hydrogens is 328 g/mol. The first-order valence-corrected chi connectivity index (χ1v) is 8.88. The van der Waals surface area contributed by atoms with Crippen molar-refractivity contribution in [1.82, 2.24) is 9.29 Å². The Morgan fingerprint density at radius 1 is 1.21 bits per heavy atom.